The highest BCUT2D eigenvalue weighted by atomic mass is 35.5. The molecule has 0 spiro atoms. The molecule has 0 heterocycles. The molecule has 0 atom stereocenters. The van der Waals surface area contributed by atoms with Gasteiger partial charge in [0.25, 0.3) is 5.91 Å². The Morgan fingerprint density at radius 2 is 1.50 bits per heavy atom. The van der Waals surface area contributed by atoms with Crippen LogP contribution in [0.15, 0.2) is 66.7 Å². The van der Waals surface area contributed by atoms with Crippen molar-refractivity contribution in [1.82, 2.24) is 0 Å². The van der Waals surface area contributed by atoms with Crippen LogP contribution in [0, 0.1) is 0 Å². The molecule has 3 aromatic rings. The number of carbonyl (C=O) groups is 1. The van der Waals surface area contributed by atoms with Crippen LogP contribution in [0.1, 0.15) is 41.3 Å². The number of sulfonamides is 1. The second kappa shape index (κ2) is 9.94. The fraction of sp³-hybridized carbons (Fsp3) is 0.208. The average molecular weight is 491 g/mol. The van der Waals surface area contributed by atoms with Crippen LogP contribution in [-0.2, 0) is 16.6 Å². The number of amides is 1. The lowest BCUT2D eigenvalue weighted by Gasteiger charge is -2.23. The van der Waals surface area contributed by atoms with E-state index in [4.69, 9.17) is 23.2 Å². The zero-order valence-electron chi connectivity index (χ0n) is 18.0. The van der Waals surface area contributed by atoms with Gasteiger partial charge in [-0.1, -0.05) is 55.2 Å². The van der Waals surface area contributed by atoms with Crippen molar-refractivity contribution in [3.8, 4) is 0 Å². The molecule has 8 heteroatoms. The van der Waals surface area contributed by atoms with Crippen molar-refractivity contribution in [3.63, 3.8) is 0 Å². The van der Waals surface area contributed by atoms with Gasteiger partial charge in [-0.25, -0.2) is 8.42 Å². The van der Waals surface area contributed by atoms with Crippen molar-refractivity contribution in [2.24, 2.45) is 0 Å². The molecule has 168 valence electrons. The number of nitrogens with one attached hydrogen (secondary N) is 1. The maximum atomic E-state index is 12.6. The molecule has 0 aliphatic carbocycles. The number of rotatable bonds is 7. The van der Waals surface area contributed by atoms with Gasteiger partial charge in [-0.3, -0.25) is 9.10 Å². The molecular weight excluding hydrogens is 467 g/mol. The molecule has 5 nitrogen and oxygen atoms in total. The van der Waals surface area contributed by atoms with Crippen LogP contribution in [0.4, 0.5) is 11.4 Å². The minimum atomic E-state index is -3.63. The molecule has 0 radical (unpaired) electrons. The highest BCUT2D eigenvalue weighted by molar-refractivity contribution is 7.92. The van der Waals surface area contributed by atoms with Gasteiger partial charge in [0.15, 0.2) is 0 Å². The Kier molecular flexibility index (Phi) is 7.49. The van der Waals surface area contributed by atoms with Crippen LogP contribution in [0.5, 0.6) is 0 Å². The number of anilines is 2. The Morgan fingerprint density at radius 1 is 0.938 bits per heavy atom. The third kappa shape index (κ3) is 5.82. The smallest absolute Gasteiger partial charge is 0.255 e. The fourth-order valence-corrected chi connectivity index (χ4v) is 4.55. The van der Waals surface area contributed by atoms with E-state index in [1.165, 1.54) is 9.87 Å². The topological polar surface area (TPSA) is 66.5 Å². The van der Waals surface area contributed by atoms with Crippen molar-refractivity contribution in [2.75, 3.05) is 15.9 Å². The molecule has 1 N–H and O–H groups in total. The fourth-order valence-electron chi connectivity index (χ4n) is 3.16. The first-order valence-electron chi connectivity index (χ1n) is 9.98. The summed E-state index contributed by atoms with van der Waals surface area (Å²) in [6.07, 6.45) is 1.11. The lowest BCUT2D eigenvalue weighted by atomic mass is 10.0. The summed E-state index contributed by atoms with van der Waals surface area (Å²) in [7, 11) is -3.63. The van der Waals surface area contributed by atoms with Gasteiger partial charge in [-0.05, 0) is 60.0 Å². The van der Waals surface area contributed by atoms with Crippen LogP contribution >= 0.6 is 23.2 Å². The number of nitrogens with zero attached hydrogens (tertiary/aromatic N) is 1. The zero-order valence-corrected chi connectivity index (χ0v) is 20.3. The Hall–Kier alpha value is -2.54. The van der Waals surface area contributed by atoms with Gasteiger partial charge < -0.3 is 5.32 Å². The summed E-state index contributed by atoms with van der Waals surface area (Å²) in [5.74, 6) is 0.125. The Bertz CT molecular complexity index is 1190. The lowest BCUT2D eigenvalue weighted by molar-refractivity contribution is 0.102. The van der Waals surface area contributed by atoms with Gasteiger partial charge in [0, 0.05) is 26.9 Å². The summed E-state index contributed by atoms with van der Waals surface area (Å²) >= 11 is 12.4. The van der Waals surface area contributed by atoms with E-state index in [0.29, 0.717) is 38.5 Å². The van der Waals surface area contributed by atoms with Crippen LogP contribution in [-0.4, -0.2) is 20.6 Å². The first kappa shape index (κ1) is 24.1. The van der Waals surface area contributed by atoms with Gasteiger partial charge in [0.05, 0.1) is 18.5 Å². The van der Waals surface area contributed by atoms with E-state index in [9.17, 15) is 13.2 Å². The van der Waals surface area contributed by atoms with E-state index in [-0.39, 0.29) is 12.5 Å². The first-order chi connectivity index (χ1) is 15.1. The summed E-state index contributed by atoms with van der Waals surface area (Å²) in [4.78, 5) is 12.6. The molecule has 3 rings (SSSR count). The predicted molar refractivity (Wildman–Crippen MR) is 132 cm³/mol. The van der Waals surface area contributed by atoms with Gasteiger partial charge in [0.1, 0.15) is 0 Å². The SMILES string of the molecule is CC(C)c1ccc(NC(=O)c2ccc(N(Cc3c(Cl)cccc3Cl)S(C)(=O)=O)cc2)cc1. The largest absolute Gasteiger partial charge is 0.322 e. The molecule has 0 aromatic heterocycles. The zero-order chi connectivity index (χ0) is 23.5. The number of hydrogen-bond acceptors (Lipinski definition) is 3. The molecule has 0 saturated carbocycles. The Morgan fingerprint density at radius 3 is 2.00 bits per heavy atom. The minimum Gasteiger partial charge on any atom is -0.322 e. The van der Waals surface area contributed by atoms with Gasteiger partial charge in [-0.15, -0.1) is 0 Å². The number of halogens is 2. The highest BCUT2D eigenvalue weighted by Gasteiger charge is 2.21. The van der Waals surface area contributed by atoms with Crippen LogP contribution in [0.2, 0.25) is 10.0 Å². The van der Waals surface area contributed by atoms with Crippen LogP contribution in [0.25, 0.3) is 0 Å². The third-order valence-electron chi connectivity index (χ3n) is 5.02. The maximum Gasteiger partial charge on any atom is 0.255 e. The standard InChI is InChI=1S/C24H24Cl2N2O3S/c1-16(2)17-7-11-19(12-8-17)27-24(29)18-9-13-20(14-10-18)28(32(3,30)31)15-21-22(25)5-4-6-23(21)26/h4-14,16H,15H2,1-3H3,(H,27,29). The molecule has 0 unspecified atom stereocenters. The van der Waals surface area contributed by atoms with Gasteiger partial charge in [0.2, 0.25) is 10.0 Å². The first-order valence-corrected chi connectivity index (χ1v) is 12.6. The molecule has 0 aliphatic heterocycles. The van der Waals surface area contributed by atoms with E-state index in [1.807, 2.05) is 24.3 Å². The van der Waals surface area contributed by atoms with E-state index >= 15 is 0 Å². The van der Waals surface area contributed by atoms with Crippen LogP contribution < -0.4 is 9.62 Å². The number of benzene rings is 3. The van der Waals surface area contributed by atoms with Crippen molar-refractivity contribution < 1.29 is 13.2 Å². The van der Waals surface area contributed by atoms with E-state index < -0.39 is 10.0 Å². The minimum absolute atomic E-state index is 0.0227. The van der Waals surface area contributed by atoms with Gasteiger partial charge in [-0.2, -0.15) is 0 Å². The average Bonchev–Trinajstić information content (AvgIpc) is 2.73. The second-order valence-corrected chi connectivity index (χ2v) is 10.5. The molecule has 1 amide bonds. The molecule has 32 heavy (non-hydrogen) atoms. The summed E-state index contributed by atoms with van der Waals surface area (Å²) in [6, 6.07) is 19.0. The molecular formula is C24H24Cl2N2O3S. The molecule has 3 aromatic carbocycles. The summed E-state index contributed by atoms with van der Waals surface area (Å²) in [5, 5.41) is 3.61. The Labute approximate surface area is 199 Å². The van der Waals surface area contributed by atoms with Crippen molar-refractivity contribution >= 4 is 50.5 Å². The third-order valence-corrected chi connectivity index (χ3v) is 6.87. The van der Waals surface area contributed by atoms with Gasteiger partial charge >= 0.3 is 0 Å². The highest BCUT2D eigenvalue weighted by Crippen LogP contribution is 2.29. The maximum absolute atomic E-state index is 12.6. The summed E-state index contributed by atoms with van der Waals surface area (Å²) in [5.41, 5.74) is 3.20. The molecule has 0 bridgehead atoms. The Balaban J connectivity index is 1.80. The van der Waals surface area contributed by atoms with Crippen molar-refractivity contribution in [1.29, 1.82) is 0 Å². The predicted octanol–water partition coefficient (Wildman–Crippen LogP) is 6.34. The summed E-state index contributed by atoms with van der Waals surface area (Å²) < 4.78 is 26.1. The number of carbonyl (C=O) groups excluding carboxylic acids is 1. The molecule has 0 fully saturated rings. The van der Waals surface area contributed by atoms with Crippen molar-refractivity contribution in [3.05, 3.63) is 93.5 Å². The second-order valence-electron chi connectivity index (χ2n) is 7.75. The number of hydrogen-bond donors (Lipinski definition) is 1. The quantitative estimate of drug-likeness (QED) is 0.420. The van der Waals surface area contributed by atoms with E-state index in [2.05, 4.69) is 19.2 Å². The van der Waals surface area contributed by atoms with E-state index in [1.54, 1.807) is 42.5 Å². The normalized spacial score (nSPS) is 11.4. The van der Waals surface area contributed by atoms with Crippen LogP contribution in [0.3, 0.4) is 0 Å². The van der Waals surface area contributed by atoms with Crippen molar-refractivity contribution in [2.45, 2.75) is 26.3 Å². The molecule has 0 aliphatic rings. The molecule has 0 saturated heterocycles. The summed E-state index contributed by atoms with van der Waals surface area (Å²) in [6.45, 7) is 4.19. The lowest BCUT2D eigenvalue weighted by Crippen LogP contribution is -2.29. The van der Waals surface area contributed by atoms with E-state index in [0.717, 1.165) is 6.26 Å². The monoisotopic (exact) mass is 490 g/mol.